The maximum absolute atomic E-state index is 9.76. The Balaban J connectivity index is 2.54. The number of nitrogens with zero attached hydrogens (tertiary/aromatic N) is 2. The Hall–Kier alpha value is -0.870. The van der Waals surface area contributed by atoms with Gasteiger partial charge in [-0.1, -0.05) is 6.92 Å². The number of nitrogens with one attached hydrogen (secondary N) is 1. The van der Waals surface area contributed by atoms with Gasteiger partial charge in [0.2, 0.25) is 0 Å². The molecule has 0 saturated heterocycles. The van der Waals surface area contributed by atoms with Crippen LogP contribution in [-0.4, -0.2) is 34.1 Å². The van der Waals surface area contributed by atoms with Crippen molar-refractivity contribution in [1.82, 2.24) is 15.1 Å². The fourth-order valence-corrected chi connectivity index (χ4v) is 1.66. The van der Waals surface area contributed by atoms with E-state index in [1.807, 2.05) is 24.6 Å². The zero-order valence-corrected chi connectivity index (χ0v) is 9.82. The van der Waals surface area contributed by atoms with Crippen LogP contribution in [0.2, 0.25) is 0 Å². The largest absolute Gasteiger partial charge is 0.391 e. The molecule has 0 radical (unpaired) electrons. The topological polar surface area (TPSA) is 50.1 Å². The molecule has 4 heteroatoms. The lowest BCUT2D eigenvalue weighted by Gasteiger charge is -2.11. The number of likely N-dealkylation sites (N-methyl/N-ethyl adjacent to an activating group) is 1. The molecule has 0 aliphatic heterocycles. The maximum Gasteiger partial charge on any atom is 0.0719 e. The van der Waals surface area contributed by atoms with Crippen LogP contribution in [0.4, 0.5) is 0 Å². The molecule has 1 aromatic rings. The van der Waals surface area contributed by atoms with Gasteiger partial charge in [0.1, 0.15) is 0 Å². The summed E-state index contributed by atoms with van der Waals surface area (Å²) < 4.78 is 1.95. The zero-order valence-electron chi connectivity index (χ0n) is 9.82. The zero-order chi connectivity index (χ0) is 11.3. The highest BCUT2D eigenvalue weighted by Crippen LogP contribution is 2.06. The summed E-state index contributed by atoms with van der Waals surface area (Å²) in [5, 5.41) is 17.2. The summed E-state index contributed by atoms with van der Waals surface area (Å²) in [6, 6.07) is 2.04. The number of hydrogen-bond acceptors (Lipinski definition) is 3. The lowest BCUT2D eigenvalue weighted by Crippen LogP contribution is -2.28. The third-order valence-electron chi connectivity index (χ3n) is 2.36. The van der Waals surface area contributed by atoms with E-state index in [0.29, 0.717) is 13.0 Å². The highest BCUT2D eigenvalue weighted by molar-refractivity contribution is 5.10. The van der Waals surface area contributed by atoms with Crippen molar-refractivity contribution in [3.8, 4) is 0 Å². The Morgan fingerprint density at radius 3 is 2.87 bits per heavy atom. The molecule has 0 aliphatic rings. The van der Waals surface area contributed by atoms with Crippen LogP contribution in [0.1, 0.15) is 25.2 Å². The number of aromatic nitrogens is 2. The van der Waals surface area contributed by atoms with Crippen molar-refractivity contribution in [2.75, 3.05) is 13.1 Å². The van der Waals surface area contributed by atoms with Gasteiger partial charge < -0.3 is 10.4 Å². The molecule has 0 amide bonds. The number of aliphatic hydroxyl groups excluding tert-OH is 1. The molecule has 86 valence electrons. The van der Waals surface area contributed by atoms with Gasteiger partial charge in [0.05, 0.1) is 11.8 Å². The molecule has 1 aromatic heterocycles. The summed E-state index contributed by atoms with van der Waals surface area (Å²) in [5.41, 5.74) is 2.13. The van der Waals surface area contributed by atoms with Crippen LogP contribution >= 0.6 is 0 Å². The highest BCUT2D eigenvalue weighted by atomic mass is 16.3. The number of rotatable bonds is 6. The Bertz CT molecular complexity index is 296. The SMILES string of the molecule is CCNCC(O)Cc1cc(C)nn1CC. The van der Waals surface area contributed by atoms with E-state index in [1.165, 1.54) is 0 Å². The van der Waals surface area contributed by atoms with Crippen molar-refractivity contribution in [1.29, 1.82) is 0 Å². The van der Waals surface area contributed by atoms with Gasteiger partial charge in [0, 0.05) is 25.2 Å². The molecule has 0 aromatic carbocycles. The molecule has 2 N–H and O–H groups in total. The van der Waals surface area contributed by atoms with Gasteiger partial charge in [-0.2, -0.15) is 5.10 Å². The normalized spacial score (nSPS) is 13.1. The second-order valence-corrected chi connectivity index (χ2v) is 3.76. The van der Waals surface area contributed by atoms with Crippen LogP contribution in [0.15, 0.2) is 6.07 Å². The summed E-state index contributed by atoms with van der Waals surface area (Å²) in [6.07, 6.45) is 0.341. The van der Waals surface area contributed by atoms with Crippen molar-refractivity contribution >= 4 is 0 Å². The van der Waals surface area contributed by atoms with Gasteiger partial charge in [0.25, 0.3) is 0 Å². The van der Waals surface area contributed by atoms with Crippen molar-refractivity contribution in [2.45, 2.75) is 39.8 Å². The number of hydrogen-bond donors (Lipinski definition) is 2. The van der Waals surface area contributed by atoms with Crippen LogP contribution in [0.3, 0.4) is 0 Å². The van der Waals surface area contributed by atoms with E-state index in [1.54, 1.807) is 0 Å². The first-order chi connectivity index (χ1) is 7.17. The minimum absolute atomic E-state index is 0.327. The van der Waals surface area contributed by atoms with Gasteiger partial charge >= 0.3 is 0 Å². The lowest BCUT2D eigenvalue weighted by atomic mass is 10.2. The first kappa shape index (κ1) is 12.2. The minimum Gasteiger partial charge on any atom is -0.391 e. The number of aryl methyl sites for hydroxylation is 2. The molecule has 0 bridgehead atoms. The van der Waals surface area contributed by atoms with Crippen molar-refractivity contribution in [3.63, 3.8) is 0 Å². The van der Waals surface area contributed by atoms with Gasteiger partial charge in [-0.15, -0.1) is 0 Å². The second-order valence-electron chi connectivity index (χ2n) is 3.76. The van der Waals surface area contributed by atoms with Gasteiger partial charge in [-0.3, -0.25) is 4.68 Å². The van der Waals surface area contributed by atoms with E-state index < -0.39 is 0 Å². The molecule has 1 unspecified atom stereocenters. The van der Waals surface area contributed by atoms with Crippen LogP contribution in [-0.2, 0) is 13.0 Å². The smallest absolute Gasteiger partial charge is 0.0719 e. The molecule has 0 aliphatic carbocycles. The van der Waals surface area contributed by atoms with Gasteiger partial charge in [-0.05, 0) is 26.5 Å². The van der Waals surface area contributed by atoms with E-state index in [2.05, 4.69) is 17.3 Å². The van der Waals surface area contributed by atoms with E-state index >= 15 is 0 Å². The summed E-state index contributed by atoms with van der Waals surface area (Å²) in [4.78, 5) is 0. The average Bonchev–Trinajstić information content (AvgIpc) is 2.55. The third kappa shape index (κ3) is 3.64. The number of aliphatic hydroxyl groups is 1. The van der Waals surface area contributed by atoms with Crippen molar-refractivity contribution in [3.05, 3.63) is 17.5 Å². The molecule has 0 saturated carbocycles. The van der Waals surface area contributed by atoms with Crippen LogP contribution in [0.25, 0.3) is 0 Å². The fraction of sp³-hybridized carbons (Fsp3) is 0.727. The highest BCUT2D eigenvalue weighted by Gasteiger charge is 2.09. The van der Waals surface area contributed by atoms with Crippen molar-refractivity contribution in [2.24, 2.45) is 0 Å². The van der Waals surface area contributed by atoms with Gasteiger partial charge in [0.15, 0.2) is 0 Å². The monoisotopic (exact) mass is 211 g/mol. The molecular weight excluding hydrogens is 190 g/mol. The minimum atomic E-state index is -0.327. The average molecular weight is 211 g/mol. The Labute approximate surface area is 91.3 Å². The summed E-state index contributed by atoms with van der Waals surface area (Å²) in [5.74, 6) is 0. The molecular formula is C11H21N3O. The third-order valence-corrected chi connectivity index (χ3v) is 2.36. The molecule has 1 heterocycles. The fourth-order valence-electron chi connectivity index (χ4n) is 1.66. The summed E-state index contributed by atoms with van der Waals surface area (Å²) in [6.45, 7) is 8.47. The lowest BCUT2D eigenvalue weighted by molar-refractivity contribution is 0.170. The summed E-state index contributed by atoms with van der Waals surface area (Å²) >= 11 is 0. The first-order valence-electron chi connectivity index (χ1n) is 5.59. The van der Waals surface area contributed by atoms with E-state index in [0.717, 1.165) is 24.5 Å². The van der Waals surface area contributed by atoms with Gasteiger partial charge in [-0.25, -0.2) is 0 Å². The van der Waals surface area contributed by atoms with Crippen molar-refractivity contribution < 1.29 is 5.11 Å². The molecule has 1 atom stereocenters. The van der Waals surface area contributed by atoms with Crippen LogP contribution in [0.5, 0.6) is 0 Å². The molecule has 4 nitrogen and oxygen atoms in total. The molecule has 0 spiro atoms. The van der Waals surface area contributed by atoms with Crippen LogP contribution < -0.4 is 5.32 Å². The summed E-state index contributed by atoms with van der Waals surface area (Å²) in [7, 11) is 0. The quantitative estimate of drug-likeness (QED) is 0.729. The Kier molecular flexibility index (Phi) is 4.78. The van der Waals surface area contributed by atoms with E-state index in [-0.39, 0.29) is 6.10 Å². The van der Waals surface area contributed by atoms with Crippen LogP contribution in [0, 0.1) is 6.92 Å². The Morgan fingerprint density at radius 1 is 1.53 bits per heavy atom. The Morgan fingerprint density at radius 2 is 2.27 bits per heavy atom. The van der Waals surface area contributed by atoms with E-state index in [4.69, 9.17) is 0 Å². The standard InChI is InChI=1S/C11H21N3O/c1-4-12-8-11(15)7-10-6-9(3)13-14(10)5-2/h6,11-12,15H,4-5,7-8H2,1-3H3. The second kappa shape index (κ2) is 5.88. The maximum atomic E-state index is 9.76. The van der Waals surface area contributed by atoms with E-state index in [9.17, 15) is 5.11 Å². The molecule has 15 heavy (non-hydrogen) atoms. The molecule has 1 rings (SSSR count). The predicted octanol–water partition coefficient (Wildman–Crippen LogP) is 0.724. The first-order valence-corrected chi connectivity index (χ1v) is 5.59. The predicted molar refractivity (Wildman–Crippen MR) is 60.9 cm³/mol. The molecule has 0 fully saturated rings.